The second-order valence-corrected chi connectivity index (χ2v) is 5.12. The molecule has 0 aliphatic carbocycles. The van der Waals surface area contributed by atoms with Crippen LogP contribution in [0.1, 0.15) is 55.3 Å². The van der Waals surface area contributed by atoms with E-state index in [4.69, 9.17) is 11.2 Å². The maximum atomic E-state index is 5.48. The molecule has 102 valence electrons. The van der Waals surface area contributed by atoms with E-state index in [-0.39, 0.29) is 0 Å². The monoisotopic (exact) mass is 257 g/mol. The number of hydrogen-bond donors (Lipinski definition) is 1. The third-order valence-corrected chi connectivity index (χ3v) is 3.60. The van der Waals surface area contributed by atoms with Crippen LogP contribution >= 0.6 is 0 Å². The Morgan fingerprint density at radius 1 is 1.37 bits per heavy atom. The van der Waals surface area contributed by atoms with Gasteiger partial charge in [0.25, 0.3) is 0 Å². The zero-order valence-electron chi connectivity index (χ0n) is 11.7. The van der Waals surface area contributed by atoms with Crippen molar-refractivity contribution in [1.29, 1.82) is 0 Å². The van der Waals surface area contributed by atoms with Crippen molar-refractivity contribution >= 4 is 0 Å². The molecule has 2 heteroatoms. The lowest BCUT2D eigenvalue weighted by molar-refractivity contribution is 0.134. The molecule has 2 rings (SSSR count). The lowest BCUT2D eigenvalue weighted by Crippen LogP contribution is -2.22. The Balaban J connectivity index is 2.05. The number of ether oxygens (including phenoxy) is 1. The predicted octanol–water partition coefficient (Wildman–Crippen LogP) is 3.56. The van der Waals surface area contributed by atoms with E-state index in [2.05, 4.69) is 36.4 Å². The molecule has 2 nitrogen and oxygen atoms in total. The predicted molar refractivity (Wildman–Crippen MR) is 78.7 cm³/mol. The molecule has 0 amide bonds. The van der Waals surface area contributed by atoms with Gasteiger partial charge in [-0.2, -0.15) is 0 Å². The lowest BCUT2D eigenvalue weighted by atomic mass is 9.97. The molecule has 0 fully saturated rings. The van der Waals surface area contributed by atoms with Crippen molar-refractivity contribution in [1.82, 2.24) is 5.32 Å². The van der Waals surface area contributed by atoms with Crippen LogP contribution in [0.25, 0.3) is 0 Å². The Kier molecular flexibility index (Phi) is 5.44. The smallest absolute Gasteiger partial charge is 0.0725 e. The van der Waals surface area contributed by atoms with Gasteiger partial charge in [-0.25, -0.2) is 0 Å². The molecule has 1 aliphatic rings. The highest BCUT2D eigenvalue weighted by Crippen LogP contribution is 2.26. The number of fused-ring (bicyclic) bond motifs is 1. The van der Waals surface area contributed by atoms with Gasteiger partial charge >= 0.3 is 0 Å². The van der Waals surface area contributed by atoms with Crippen LogP contribution in [0.3, 0.4) is 0 Å². The van der Waals surface area contributed by atoms with E-state index in [1.54, 1.807) is 0 Å². The van der Waals surface area contributed by atoms with Crippen molar-refractivity contribution in [2.75, 3.05) is 6.54 Å². The van der Waals surface area contributed by atoms with Gasteiger partial charge in [0.2, 0.25) is 0 Å². The molecule has 0 saturated heterocycles. The van der Waals surface area contributed by atoms with Crippen molar-refractivity contribution in [3.63, 3.8) is 0 Å². The first-order chi connectivity index (χ1) is 9.35. The zero-order valence-corrected chi connectivity index (χ0v) is 11.7. The lowest BCUT2D eigenvalue weighted by Gasteiger charge is -2.19. The highest BCUT2D eigenvalue weighted by atomic mass is 16.5. The minimum Gasteiger partial charge on any atom is -0.372 e. The van der Waals surface area contributed by atoms with Crippen LogP contribution in [0.5, 0.6) is 0 Å². The van der Waals surface area contributed by atoms with E-state index in [0.717, 1.165) is 45.4 Å². The molecule has 19 heavy (non-hydrogen) atoms. The van der Waals surface area contributed by atoms with Gasteiger partial charge in [0.15, 0.2) is 0 Å². The van der Waals surface area contributed by atoms with Crippen molar-refractivity contribution in [2.24, 2.45) is 0 Å². The van der Waals surface area contributed by atoms with Gasteiger partial charge in [-0.15, -0.1) is 12.3 Å². The average molecular weight is 257 g/mol. The average Bonchev–Trinajstić information content (AvgIpc) is 2.90. The number of hydrogen-bond acceptors (Lipinski definition) is 2. The molecule has 0 radical (unpaired) electrons. The largest absolute Gasteiger partial charge is 0.372 e. The highest BCUT2D eigenvalue weighted by molar-refractivity contribution is 5.34. The first-order valence-corrected chi connectivity index (χ1v) is 7.21. The fraction of sp³-hybridized carbons (Fsp3) is 0.529. The fourth-order valence-electron chi connectivity index (χ4n) is 2.52. The van der Waals surface area contributed by atoms with Crippen LogP contribution in [-0.4, -0.2) is 6.54 Å². The van der Waals surface area contributed by atoms with Gasteiger partial charge in [-0.3, -0.25) is 0 Å². The normalized spacial score (nSPS) is 14.9. The third-order valence-electron chi connectivity index (χ3n) is 3.60. The highest BCUT2D eigenvalue weighted by Gasteiger charge is 2.15. The summed E-state index contributed by atoms with van der Waals surface area (Å²) < 4.78 is 5.48. The quantitative estimate of drug-likeness (QED) is 0.595. The minimum atomic E-state index is 0.416. The van der Waals surface area contributed by atoms with E-state index in [9.17, 15) is 0 Å². The SMILES string of the molecule is C#CCCCC(NCCC)c1ccc2c(c1)COC2. The molecular formula is C17H23NO. The maximum Gasteiger partial charge on any atom is 0.0725 e. The Hall–Kier alpha value is -1.30. The number of rotatable bonds is 7. The van der Waals surface area contributed by atoms with E-state index < -0.39 is 0 Å². The molecule has 0 aromatic heterocycles. The van der Waals surface area contributed by atoms with Crippen LogP contribution < -0.4 is 5.32 Å². The van der Waals surface area contributed by atoms with Crippen molar-refractivity contribution in [3.8, 4) is 12.3 Å². The zero-order chi connectivity index (χ0) is 13.5. The van der Waals surface area contributed by atoms with Gasteiger partial charge in [-0.1, -0.05) is 25.1 Å². The Morgan fingerprint density at radius 3 is 3.00 bits per heavy atom. The van der Waals surface area contributed by atoms with Crippen LogP contribution in [0.15, 0.2) is 18.2 Å². The van der Waals surface area contributed by atoms with E-state index in [0.29, 0.717) is 6.04 Å². The second kappa shape index (κ2) is 7.33. The molecule has 0 saturated carbocycles. The molecule has 1 aromatic carbocycles. The Labute approximate surface area is 116 Å². The fourth-order valence-corrected chi connectivity index (χ4v) is 2.52. The van der Waals surface area contributed by atoms with Gasteiger partial charge in [0.05, 0.1) is 13.2 Å². The van der Waals surface area contributed by atoms with Crippen molar-refractivity contribution in [3.05, 3.63) is 34.9 Å². The number of terminal acetylenes is 1. The van der Waals surface area contributed by atoms with Gasteiger partial charge < -0.3 is 10.1 Å². The van der Waals surface area contributed by atoms with Gasteiger partial charge in [-0.05, 0) is 42.5 Å². The molecule has 1 atom stereocenters. The second-order valence-electron chi connectivity index (χ2n) is 5.12. The molecule has 1 N–H and O–H groups in total. The Morgan fingerprint density at radius 2 is 2.21 bits per heavy atom. The van der Waals surface area contributed by atoms with Crippen LogP contribution in [0.2, 0.25) is 0 Å². The Bertz CT molecular complexity index is 447. The number of unbranched alkanes of at least 4 members (excludes halogenated alkanes) is 1. The van der Waals surface area contributed by atoms with E-state index in [1.165, 1.54) is 16.7 Å². The molecule has 1 aromatic rings. The van der Waals surface area contributed by atoms with Crippen molar-refractivity contribution < 1.29 is 4.74 Å². The number of benzene rings is 1. The van der Waals surface area contributed by atoms with Crippen LogP contribution in [0, 0.1) is 12.3 Å². The maximum absolute atomic E-state index is 5.48. The number of nitrogens with one attached hydrogen (secondary N) is 1. The molecular weight excluding hydrogens is 234 g/mol. The summed E-state index contributed by atoms with van der Waals surface area (Å²) in [5.74, 6) is 2.72. The van der Waals surface area contributed by atoms with Gasteiger partial charge in [0, 0.05) is 12.5 Å². The first kappa shape index (κ1) is 14.1. The summed E-state index contributed by atoms with van der Waals surface area (Å²) in [5.41, 5.74) is 4.05. The topological polar surface area (TPSA) is 21.3 Å². The van der Waals surface area contributed by atoms with Crippen molar-refractivity contribution in [2.45, 2.75) is 51.9 Å². The van der Waals surface area contributed by atoms with E-state index in [1.807, 2.05) is 0 Å². The third kappa shape index (κ3) is 3.83. The summed E-state index contributed by atoms with van der Waals surface area (Å²) in [6.07, 6.45) is 9.53. The van der Waals surface area contributed by atoms with Gasteiger partial charge in [0.1, 0.15) is 0 Å². The molecule has 1 heterocycles. The summed E-state index contributed by atoms with van der Waals surface area (Å²) in [4.78, 5) is 0. The standard InChI is InChI=1S/C17H23NO/c1-3-5-6-7-17(18-10-4-2)14-8-9-15-12-19-13-16(15)11-14/h1,8-9,11,17-18H,4-7,10,12-13H2,2H3. The van der Waals surface area contributed by atoms with Crippen LogP contribution in [-0.2, 0) is 18.0 Å². The summed E-state index contributed by atoms with van der Waals surface area (Å²) in [7, 11) is 0. The minimum absolute atomic E-state index is 0.416. The summed E-state index contributed by atoms with van der Waals surface area (Å²) in [5, 5.41) is 3.63. The molecule has 0 bridgehead atoms. The summed E-state index contributed by atoms with van der Waals surface area (Å²) >= 11 is 0. The summed E-state index contributed by atoms with van der Waals surface area (Å²) in [6.45, 7) is 4.77. The summed E-state index contributed by atoms with van der Waals surface area (Å²) in [6, 6.07) is 7.15. The first-order valence-electron chi connectivity index (χ1n) is 7.21. The molecule has 1 unspecified atom stereocenters. The van der Waals surface area contributed by atoms with Crippen LogP contribution in [0.4, 0.5) is 0 Å². The van der Waals surface area contributed by atoms with E-state index >= 15 is 0 Å². The molecule has 1 aliphatic heterocycles. The molecule has 0 spiro atoms.